The van der Waals surface area contributed by atoms with E-state index < -0.39 is 25.2 Å². The maximum atomic E-state index is 12.3. The van der Waals surface area contributed by atoms with Gasteiger partial charge in [-0.1, -0.05) is 31.4 Å². The van der Waals surface area contributed by atoms with Crippen molar-refractivity contribution in [2.24, 2.45) is 5.92 Å². The topological polar surface area (TPSA) is 61.4 Å². The number of urea groups is 1. The van der Waals surface area contributed by atoms with E-state index in [1.807, 2.05) is 0 Å². The molecule has 1 fully saturated rings. The highest BCUT2D eigenvalue weighted by atomic mass is 19.4. The molecule has 0 aliphatic heterocycles. The molecule has 27 heavy (non-hydrogen) atoms. The summed E-state index contributed by atoms with van der Waals surface area (Å²) in [7, 11) is 1.32. The van der Waals surface area contributed by atoms with Crippen molar-refractivity contribution in [3.05, 3.63) is 29.8 Å². The van der Waals surface area contributed by atoms with Gasteiger partial charge in [0.2, 0.25) is 5.91 Å². The van der Waals surface area contributed by atoms with Crippen LogP contribution in [0.15, 0.2) is 24.3 Å². The lowest BCUT2D eigenvalue weighted by Gasteiger charge is -2.21. The first-order chi connectivity index (χ1) is 12.7. The largest absolute Gasteiger partial charge is 0.390 e. The number of carbonyl (C=O) groups is 2. The van der Waals surface area contributed by atoms with Gasteiger partial charge in [0.05, 0.1) is 6.42 Å². The third-order valence-electron chi connectivity index (χ3n) is 4.69. The number of hydrogen-bond donors (Lipinski definition) is 2. The Morgan fingerprint density at radius 3 is 2.56 bits per heavy atom. The summed E-state index contributed by atoms with van der Waals surface area (Å²) in [6.07, 6.45) is -0.189. The average Bonchev–Trinajstić information content (AvgIpc) is 2.64. The maximum Gasteiger partial charge on any atom is 0.390 e. The van der Waals surface area contributed by atoms with Gasteiger partial charge in [0, 0.05) is 31.7 Å². The predicted molar refractivity (Wildman–Crippen MR) is 97.2 cm³/mol. The van der Waals surface area contributed by atoms with Crippen molar-refractivity contribution in [2.75, 3.05) is 18.9 Å². The maximum absolute atomic E-state index is 12.3. The molecule has 1 aromatic rings. The molecule has 0 bridgehead atoms. The molecular weight excluding hydrogens is 359 g/mol. The van der Waals surface area contributed by atoms with Crippen LogP contribution in [0.1, 0.15) is 44.1 Å². The summed E-state index contributed by atoms with van der Waals surface area (Å²) in [6.45, 7) is -0.227. The van der Waals surface area contributed by atoms with Gasteiger partial charge in [0.25, 0.3) is 0 Å². The molecule has 150 valence electrons. The summed E-state index contributed by atoms with van der Waals surface area (Å²) in [4.78, 5) is 25.2. The first kappa shape index (κ1) is 21.1. The number of anilines is 1. The summed E-state index contributed by atoms with van der Waals surface area (Å²) in [5.74, 6) is 0.0622. The number of halogens is 3. The minimum absolute atomic E-state index is 0.0165. The van der Waals surface area contributed by atoms with Crippen LogP contribution >= 0.6 is 0 Å². The molecule has 0 spiro atoms. The zero-order chi connectivity index (χ0) is 19.9. The van der Waals surface area contributed by atoms with E-state index in [2.05, 4.69) is 10.6 Å². The molecule has 0 aromatic heterocycles. The quantitative estimate of drug-likeness (QED) is 0.767. The molecule has 1 saturated carbocycles. The van der Waals surface area contributed by atoms with Gasteiger partial charge < -0.3 is 15.5 Å². The standard InChI is InChI=1S/C19H26F3N3O2/c1-25(11-10-19(20,21)22)18(27)23-13-14-6-5-9-16(12-14)24-17(26)15-7-3-2-4-8-15/h5-6,9,12,15H,2-4,7-8,10-11,13H2,1H3,(H,23,27)(H,24,26). The number of nitrogens with zero attached hydrogens (tertiary/aromatic N) is 1. The summed E-state index contributed by atoms with van der Waals surface area (Å²) in [5.41, 5.74) is 1.41. The van der Waals surface area contributed by atoms with Crippen LogP contribution in [0.4, 0.5) is 23.7 Å². The van der Waals surface area contributed by atoms with Crippen LogP contribution in [0, 0.1) is 5.92 Å². The Morgan fingerprint density at radius 2 is 1.89 bits per heavy atom. The van der Waals surface area contributed by atoms with E-state index in [0.29, 0.717) is 5.69 Å². The molecular formula is C19H26F3N3O2. The number of rotatable bonds is 6. The molecule has 0 radical (unpaired) electrons. The van der Waals surface area contributed by atoms with Gasteiger partial charge in [0.15, 0.2) is 0 Å². The molecule has 1 aromatic carbocycles. The Kier molecular flexibility index (Phi) is 7.50. The zero-order valence-corrected chi connectivity index (χ0v) is 15.4. The van der Waals surface area contributed by atoms with Gasteiger partial charge in [0.1, 0.15) is 0 Å². The average molecular weight is 385 g/mol. The van der Waals surface area contributed by atoms with Crippen LogP contribution in [0.3, 0.4) is 0 Å². The third-order valence-corrected chi connectivity index (χ3v) is 4.69. The number of nitrogens with one attached hydrogen (secondary N) is 2. The van der Waals surface area contributed by atoms with Crippen LogP contribution in [0.25, 0.3) is 0 Å². The highest BCUT2D eigenvalue weighted by molar-refractivity contribution is 5.92. The summed E-state index contributed by atoms with van der Waals surface area (Å²) >= 11 is 0. The number of alkyl halides is 3. The van der Waals surface area contributed by atoms with Gasteiger partial charge in [-0.3, -0.25) is 4.79 Å². The normalized spacial score (nSPS) is 15.3. The Bertz CT molecular complexity index is 643. The lowest BCUT2D eigenvalue weighted by atomic mass is 9.88. The lowest BCUT2D eigenvalue weighted by Crippen LogP contribution is -2.38. The highest BCUT2D eigenvalue weighted by Crippen LogP contribution is 2.25. The van der Waals surface area contributed by atoms with Crippen LogP contribution < -0.4 is 10.6 Å². The van der Waals surface area contributed by atoms with Crippen molar-refractivity contribution in [1.82, 2.24) is 10.2 Å². The van der Waals surface area contributed by atoms with E-state index in [1.54, 1.807) is 24.3 Å². The van der Waals surface area contributed by atoms with E-state index >= 15 is 0 Å². The first-order valence-corrected chi connectivity index (χ1v) is 9.20. The first-order valence-electron chi connectivity index (χ1n) is 9.20. The van der Waals surface area contributed by atoms with Crippen molar-refractivity contribution in [1.29, 1.82) is 0 Å². The summed E-state index contributed by atoms with van der Waals surface area (Å²) < 4.78 is 36.7. The summed E-state index contributed by atoms with van der Waals surface area (Å²) in [6, 6.07) is 6.52. The molecule has 1 aliphatic rings. The van der Waals surface area contributed by atoms with Crippen LogP contribution in [0.5, 0.6) is 0 Å². The van der Waals surface area contributed by atoms with Crippen molar-refractivity contribution in [2.45, 2.75) is 51.2 Å². The molecule has 2 N–H and O–H groups in total. The van der Waals surface area contributed by atoms with Gasteiger partial charge in [-0.25, -0.2) is 4.79 Å². The Hall–Kier alpha value is -2.25. The molecule has 0 saturated heterocycles. The number of amides is 3. The number of hydrogen-bond acceptors (Lipinski definition) is 2. The second-order valence-corrected chi connectivity index (χ2v) is 6.97. The molecule has 0 heterocycles. The van der Waals surface area contributed by atoms with E-state index in [4.69, 9.17) is 0 Å². The van der Waals surface area contributed by atoms with E-state index in [-0.39, 0.29) is 18.4 Å². The van der Waals surface area contributed by atoms with Crippen molar-refractivity contribution in [3.8, 4) is 0 Å². The minimum atomic E-state index is -4.29. The Labute approximate surface area is 157 Å². The second kappa shape index (κ2) is 9.62. The monoisotopic (exact) mass is 385 g/mol. The second-order valence-electron chi connectivity index (χ2n) is 6.97. The Balaban J connectivity index is 1.82. The third kappa shape index (κ3) is 7.48. The zero-order valence-electron chi connectivity index (χ0n) is 15.4. The molecule has 5 nitrogen and oxygen atoms in total. The van der Waals surface area contributed by atoms with Gasteiger partial charge in [-0.15, -0.1) is 0 Å². The SMILES string of the molecule is CN(CCC(F)(F)F)C(=O)NCc1cccc(NC(=O)C2CCCCC2)c1. The molecule has 0 atom stereocenters. The van der Waals surface area contributed by atoms with E-state index in [9.17, 15) is 22.8 Å². The van der Waals surface area contributed by atoms with Gasteiger partial charge in [-0.2, -0.15) is 13.2 Å². The summed E-state index contributed by atoms with van der Waals surface area (Å²) in [5, 5.41) is 5.50. The molecule has 2 rings (SSSR count). The van der Waals surface area contributed by atoms with Gasteiger partial charge >= 0.3 is 12.2 Å². The molecule has 0 unspecified atom stereocenters. The van der Waals surface area contributed by atoms with Gasteiger partial charge in [-0.05, 0) is 30.5 Å². The number of benzene rings is 1. The minimum Gasteiger partial charge on any atom is -0.334 e. The van der Waals surface area contributed by atoms with Crippen molar-refractivity contribution < 1.29 is 22.8 Å². The predicted octanol–water partition coefficient (Wildman–Crippen LogP) is 4.30. The van der Waals surface area contributed by atoms with Crippen LogP contribution in [-0.4, -0.2) is 36.6 Å². The Morgan fingerprint density at radius 1 is 1.19 bits per heavy atom. The smallest absolute Gasteiger partial charge is 0.334 e. The fourth-order valence-electron chi connectivity index (χ4n) is 3.08. The fraction of sp³-hybridized carbons (Fsp3) is 0.579. The highest BCUT2D eigenvalue weighted by Gasteiger charge is 2.28. The number of carbonyl (C=O) groups excluding carboxylic acids is 2. The van der Waals surface area contributed by atoms with Crippen LogP contribution in [0.2, 0.25) is 0 Å². The fourth-order valence-corrected chi connectivity index (χ4v) is 3.08. The molecule has 1 aliphatic carbocycles. The molecule has 8 heteroatoms. The lowest BCUT2D eigenvalue weighted by molar-refractivity contribution is -0.136. The van der Waals surface area contributed by atoms with Crippen LogP contribution in [-0.2, 0) is 11.3 Å². The van der Waals surface area contributed by atoms with Crippen molar-refractivity contribution >= 4 is 17.6 Å². The van der Waals surface area contributed by atoms with E-state index in [0.717, 1.165) is 36.1 Å². The van der Waals surface area contributed by atoms with E-state index in [1.165, 1.54) is 13.5 Å². The van der Waals surface area contributed by atoms with Crippen molar-refractivity contribution in [3.63, 3.8) is 0 Å². The molecule has 3 amide bonds.